The molecule has 1 unspecified atom stereocenters. The van der Waals surface area contributed by atoms with Crippen molar-refractivity contribution in [1.82, 2.24) is 15.1 Å². The number of rotatable bonds is 10. The topological polar surface area (TPSA) is 67.5 Å². The summed E-state index contributed by atoms with van der Waals surface area (Å²) in [7, 11) is 1.66. The Morgan fingerprint density at radius 1 is 0.944 bits per heavy atom. The fraction of sp³-hybridized carbons (Fsp3) is 0.267. The molecule has 2 heterocycles. The lowest BCUT2D eigenvalue weighted by atomic mass is 9.96. The molecule has 1 aromatic heterocycles. The third-order valence-electron chi connectivity index (χ3n) is 6.67. The Balaban J connectivity index is 1.47. The summed E-state index contributed by atoms with van der Waals surface area (Å²) in [4.78, 5) is 15.5. The average molecular weight is 482 g/mol. The predicted molar refractivity (Wildman–Crippen MR) is 140 cm³/mol. The van der Waals surface area contributed by atoms with Gasteiger partial charge >= 0.3 is 0 Å². The molecule has 1 atom stereocenters. The van der Waals surface area contributed by atoms with E-state index in [1.807, 2.05) is 71.6 Å². The van der Waals surface area contributed by atoms with E-state index in [0.717, 1.165) is 58.7 Å². The molecule has 0 fully saturated rings. The summed E-state index contributed by atoms with van der Waals surface area (Å²) >= 11 is 0. The summed E-state index contributed by atoms with van der Waals surface area (Å²) in [5, 5.41) is 7.60. The van der Waals surface area contributed by atoms with Crippen molar-refractivity contribution in [3.63, 3.8) is 0 Å². The highest BCUT2D eigenvalue weighted by Crippen LogP contribution is 2.43. The highest BCUT2D eigenvalue weighted by Gasteiger charge is 2.41. The van der Waals surface area contributed by atoms with Crippen LogP contribution in [0.4, 0.5) is 0 Å². The van der Waals surface area contributed by atoms with Gasteiger partial charge in [-0.1, -0.05) is 67.9 Å². The highest BCUT2D eigenvalue weighted by atomic mass is 16.5. The van der Waals surface area contributed by atoms with Crippen molar-refractivity contribution in [2.24, 2.45) is 0 Å². The fourth-order valence-corrected chi connectivity index (χ4v) is 4.71. The maximum Gasteiger partial charge on any atom is 0.273 e. The number of carbonyl (C=O) groups excluding carboxylic acids is 1. The van der Waals surface area contributed by atoms with Crippen LogP contribution >= 0.6 is 0 Å². The summed E-state index contributed by atoms with van der Waals surface area (Å²) in [6, 6.07) is 25.9. The van der Waals surface area contributed by atoms with Gasteiger partial charge in [-0.3, -0.25) is 9.89 Å². The van der Waals surface area contributed by atoms with Crippen molar-refractivity contribution in [2.45, 2.75) is 32.2 Å². The van der Waals surface area contributed by atoms with Gasteiger partial charge in [0.25, 0.3) is 5.91 Å². The van der Waals surface area contributed by atoms with E-state index in [4.69, 9.17) is 9.47 Å². The lowest BCUT2D eigenvalue weighted by molar-refractivity contribution is 0.0746. The second-order valence-electron chi connectivity index (χ2n) is 9.00. The maximum atomic E-state index is 13.6. The zero-order chi connectivity index (χ0) is 24.9. The van der Waals surface area contributed by atoms with Crippen LogP contribution in [0.2, 0.25) is 0 Å². The van der Waals surface area contributed by atoms with Crippen molar-refractivity contribution in [3.8, 4) is 22.8 Å². The quantitative estimate of drug-likeness (QED) is 0.280. The average Bonchev–Trinajstić information content (AvgIpc) is 3.47. The first-order valence-corrected chi connectivity index (χ1v) is 12.5. The first kappa shape index (κ1) is 23.7. The van der Waals surface area contributed by atoms with Crippen LogP contribution in [0, 0.1) is 0 Å². The van der Waals surface area contributed by atoms with E-state index >= 15 is 0 Å². The SMILES string of the molecule is CCCCOc1ccc(C2c3c(-c4ccccc4)n[nH]c3C(=O)N2CCc2ccc(OC)cc2)cc1. The zero-order valence-electron chi connectivity index (χ0n) is 20.7. The Hall–Kier alpha value is -4.06. The van der Waals surface area contributed by atoms with Crippen LogP contribution in [0.3, 0.4) is 0 Å². The third-order valence-corrected chi connectivity index (χ3v) is 6.67. The molecule has 1 aliphatic rings. The highest BCUT2D eigenvalue weighted by molar-refractivity contribution is 6.00. The number of amides is 1. The van der Waals surface area contributed by atoms with E-state index in [1.54, 1.807) is 7.11 Å². The Morgan fingerprint density at radius 2 is 1.67 bits per heavy atom. The van der Waals surface area contributed by atoms with Gasteiger partial charge in [0.05, 0.1) is 25.5 Å². The van der Waals surface area contributed by atoms with Gasteiger partial charge in [0.2, 0.25) is 0 Å². The molecule has 0 spiro atoms. The minimum atomic E-state index is -0.232. The molecule has 36 heavy (non-hydrogen) atoms. The number of unbranched alkanes of at least 4 members (excludes halogenated alkanes) is 1. The van der Waals surface area contributed by atoms with Gasteiger partial charge in [-0.2, -0.15) is 5.10 Å². The molecular weight excluding hydrogens is 450 g/mol. The molecule has 0 saturated heterocycles. The molecule has 0 bridgehead atoms. The number of H-pyrrole nitrogens is 1. The Morgan fingerprint density at radius 3 is 2.36 bits per heavy atom. The van der Waals surface area contributed by atoms with Crippen LogP contribution in [-0.2, 0) is 6.42 Å². The zero-order valence-corrected chi connectivity index (χ0v) is 20.7. The number of aromatic amines is 1. The minimum Gasteiger partial charge on any atom is -0.497 e. The van der Waals surface area contributed by atoms with E-state index in [1.165, 1.54) is 0 Å². The van der Waals surface area contributed by atoms with Crippen LogP contribution in [0.15, 0.2) is 78.9 Å². The maximum absolute atomic E-state index is 13.6. The van der Waals surface area contributed by atoms with Crippen LogP contribution in [0.5, 0.6) is 11.5 Å². The van der Waals surface area contributed by atoms with Crippen molar-refractivity contribution >= 4 is 5.91 Å². The Labute approximate surface area is 211 Å². The molecule has 4 aromatic rings. The smallest absolute Gasteiger partial charge is 0.273 e. The van der Waals surface area contributed by atoms with Gasteiger partial charge in [-0.25, -0.2) is 0 Å². The van der Waals surface area contributed by atoms with E-state index in [0.29, 0.717) is 18.8 Å². The summed E-state index contributed by atoms with van der Waals surface area (Å²) in [6.07, 6.45) is 2.86. The van der Waals surface area contributed by atoms with E-state index in [-0.39, 0.29) is 11.9 Å². The number of hydrogen-bond acceptors (Lipinski definition) is 4. The largest absolute Gasteiger partial charge is 0.497 e. The van der Waals surface area contributed by atoms with Gasteiger partial charge in [0.1, 0.15) is 17.2 Å². The molecule has 184 valence electrons. The van der Waals surface area contributed by atoms with Gasteiger partial charge in [0, 0.05) is 17.7 Å². The van der Waals surface area contributed by atoms with E-state index in [9.17, 15) is 4.79 Å². The van der Waals surface area contributed by atoms with Crippen molar-refractivity contribution in [3.05, 3.63) is 101 Å². The Kier molecular flexibility index (Phi) is 7.03. The summed E-state index contributed by atoms with van der Waals surface area (Å²) < 4.78 is 11.2. The van der Waals surface area contributed by atoms with Crippen molar-refractivity contribution in [1.29, 1.82) is 0 Å². The lowest BCUT2D eigenvalue weighted by Crippen LogP contribution is -2.31. The number of hydrogen-bond donors (Lipinski definition) is 1. The molecule has 0 aliphatic carbocycles. The molecule has 5 rings (SSSR count). The molecule has 1 aliphatic heterocycles. The first-order valence-electron chi connectivity index (χ1n) is 12.5. The van der Waals surface area contributed by atoms with Crippen LogP contribution in [0.1, 0.15) is 53.0 Å². The number of methoxy groups -OCH3 is 1. The summed E-state index contributed by atoms with van der Waals surface area (Å²) in [5.41, 5.74) is 5.50. The molecule has 1 N–H and O–H groups in total. The molecule has 3 aromatic carbocycles. The molecular formula is C30H31N3O3. The molecule has 6 nitrogen and oxygen atoms in total. The van der Waals surface area contributed by atoms with Gasteiger partial charge in [0.15, 0.2) is 0 Å². The number of benzene rings is 3. The molecule has 0 radical (unpaired) electrons. The van der Waals surface area contributed by atoms with Gasteiger partial charge in [-0.15, -0.1) is 0 Å². The number of carbonyl (C=O) groups is 1. The number of ether oxygens (including phenoxy) is 2. The van der Waals surface area contributed by atoms with Crippen molar-refractivity contribution in [2.75, 3.05) is 20.3 Å². The molecule has 1 amide bonds. The minimum absolute atomic E-state index is 0.0264. The summed E-state index contributed by atoms with van der Waals surface area (Å²) in [6.45, 7) is 3.44. The van der Waals surface area contributed by atoms with Crippen LogP contribution in [0.25, 0.3) is 11.3 Å². The monoisotopic (exact) mass is 481 g/mol. The lowest BCUT2D eigenvalue weighted by Gasteiger charge is -2.26. The van der Waals surface area contributed by atoms with Crippen LogP contribution in [-0.4, -0.2) is 41.3 Å². The first-order chi connectivity index (χ1) is 17.7. The number of nitrogens with one attached hydrogen (secondary N) is 1. The molecule has 0 saturated carbocycles. The van der Waals surface area contributed by atoms with E-state index < -0.39 is 0 Å². The van der Waals surface area contributed by atoms with Gasteiger partial charge < -0.3 is 14.4 Å². The predicted octanol–water partition coefficient (Wildman–Crippen LogP) is 6.05. The normalized spacial score (nSPS) is 14.7. The van der Waals surface area contributed by atoms with Crippen LogP contribution < -0.4 is 9.47 Å². The standard InChI is InChI=1S/C30H31N3O3/c1-3-4-20-36-25-16-12-23(13-17-25)29-26-27(22-8-6-5-7-9-22)31-32-28(26)30(34)33(29)19-18-21-10-14-24(35-2)15-11-21/h5-17,29H,3-4,18-20H2,1-2H3,(H,31,32). The second-order valence-corrected chi connectivity index (χ2v) is 9.00. The fourth-order valence-electron chi connectivity index (χ4n) is 4.71. The summed E-state index contributed by atoms with van der Waals surface area (Å²) in [5.74, 6) is 1.64. The third kappa shape index (κ3) is 4.71. The van der Waals surface area contributed by atoms with Gasteiger partial charge in [-0.05, 0) is 48.2 Å². The number of aromatic nitrogens is 2. The second kappa shape index (κ2) is 10.7. The Bertz CT molecular complexity index is 1300. The number of nitrogens with zero attached hydrogens (tertiary/aromatic N) is 2. The number of fused-ring (bicyclic) bond motifs is 1. The van der Waals surface area contributed by atoms with E-state index in [2.05, 4.69) is 29.3 Å². The molecule has 6 heteroatoms. The van der Waals surface area contributed by atoms with Crippen molar-refractivity contribution < 1.29 is 14.3 Å².